The molecule has 0 radical (unpaired) electrons. The first-order valence-electron chi connectivity index (χ1n) is 17.6. The molecule has 4 aromatic rings. The SMILES string of the molecule is COc1ccc(F)c(-c2ccc(CCl)cc2C2CCCCCC2)c1.COc1ccc(F)c(-c2ccc(CO)cc2C2CCCCCC2)c1. The molecule has 1 N–H and O–H groups in total. The Morgan fingerprint density at radius 1 is 0.562 bits per heavy atom. The molecule has 0 atom stereocenters. The van der Waals surface area contributed by atoms with E-state index >= 15 is 0 Å². The highest BCUT2D eigenvalue weighted by molar-refractivity contribution is 6.17. The summed E-state index contributed by atoms with van der Waals surface area (Å²) in [6, 6.07) is 21.9. The quantitative estimate of drug-likeness (QED) is 0.149. The first kappa shape index (κ1) is 35.9. The minimum absolute atomic E-state index is 0.0145. The van der Waals surface area contributed by atoms with E-state index in [4.69, 9.17) is 21.1 Å². The van der Waals surface area contributed by atoms with Crippen LogP contribution in [0.2, 0.25) is 0 Å². The predicted molar refractivity (Wildman–Crippen MR) is 193 cm³/mol. The van der Waals surface area contributed by atoms with Gasteiger partial charge in [0.1, 0.15) is 23.1 Å². The van der Waals surface area contributed by atoms with Crippen LogP contribution < -0.4 is 9.47 Å². The molecule has 3 nitrogen and oxygen atoms in total. The summed E-state index contributed by atoms with van der Waals surface area (Å²) in [5.74, 6) is 2.30. The number of aliphatic hydroxyl groups excluding tert-OH is 1. The number of hydrogen-bond donors (Lipinski definition) is 1. The highest BCUT2D eigenvalue weighted by Crippen LogP contribution is 2.41. The Morgan fingerprint density at radius 2 is 0.979 bits per heavy atom. The molecule has 4 aromatic carbocycles. The highest BCUT2D eigenvalue weighted by atomic mass is 35.5. The van der Waals surface area contributed by atoms with Gasteiger partial charge in [0.05, 0.1) is 20.8 Å². The third-order valence-electron chi connectivity index (χ3n) is 10.1. The van der Waals surface area contributed by atoms with Gasteiger partial charge in [-0.15, -0.1) is 11.6 Å². The van der Waals surface area contributed by atoms with Gasteiger partial charge in [-0.1, -0.05) is 87.8 Å². The average molecular weight is 675 g/mol. The second-order valence-corrected chi connectivity index (χ2v) is 13.5. The summed E-state index contributed by atoms with van der Waals surface area (Å²) in [4.78, 5) is 0. The van der Waals surface area contributed by atoms with E-state index in [-0.39, 0.29) is 18.2 Å². The van der Waals surface area contributed by atoms with Crippen LogP contribution in [-0.2, 0) is 12.5 Å². The maximum absolute atomic E-state index is 14.5. The van der Waals surface area contributed by atoms with Crippen molar-refractivity contribution in [1.82, 2.24) is 0 Å². The second kappa shape index (κ2) is 17.8. The fraction of sp³-hybridized carbons (Fsp3) is 0.429. The molecule has 6 rings (SSSR count). The first-order valence-corrected chi connectivity index (χ1v) is 18.1. The van der Waals surface area contributed by atoms with Crippen molar-refractivity contribution < 1.29 is 23.4 Å². The van der Waals surface area contributed by atoms with Crippen LogP contribution in [0.15, 0.2) is 72.8 Å². The fourth-order valence-corrected chi connectivity index (χ4v) is 7.59. The molecule has 0 aromatic heterocycles. The van der Waals surface area contributed by atoms with Crippen LogP contribution in [0.4, 0.5) is 8.78 Å². The maximum Gasteiger partial charge on any atom is 0.131 e. The molecule has 256 valence electrons. The molecule has 0 saturated heterocycles. The monoisotopic (exact) mass is 674 g/mol. The predicted octanol–water partition coefficient (Wildman–Crippen LogP) is 12.1. The summed E-state index contributed by atoms with van der Waals surface area (Å²) in [6.45, 7) is 0.0145. The highest BCUT2D eigenvalue weighted by Gasteiger charge is 2.22. The van der Waals surface area contributed by atoms with Crippen LogP contribution in [0.3, 0.4) is 0 Å². The third kappa shape index (κ3) is 8.98. The molecule has 2 saturated carbocycles. The number of hydrogen-bond acceptors (Lipinski definition) is 3. The minimum atomic E-state index is -0.234. The second-order valence-electron chi connectivity index (χ2n) is 13.2. The smallest absolute Gasteiger partial charge is 0.131 e. The number of benzene rings is 4. The number of halogens is 3. The molecule has 6 heteroatoms. The number of alkyl halides is 1. The Morgan fingerprint density at radius 3 is 1.38 bits per heavy atom. The zero-order valence-electron chi connectivity index (χ0n) is 28.4. The topological polar surface area (TPSA) is 38.7 Å². The molecule has 0 unspecified atom stereocenters. The minimum Gasteiger partial charge on any atom is -0.497 e. The number of aliphatic hydroxyl groups is 1. The van der Waals surface area contributed by atoms with Gasteiger partial charge in [-0.2, -0.15) is 0 Å². The van der Waals surface area contributed by atoms with Crippen LogP contribution in [0.1, 0.15) is 111 Å². The molecule has 2 aliphatic carbocycles. The van der Waals surface area contributed by atoms with Crippen molar-refractivity contribution in [1.29, 1.82) is 0 Å². The molecule has 48 heavy (non-hydrogen) atoms. The van der Waals surface area contributed by atoms with Crippen molar-refractivity contribution in [2.45, 2.75) is 101 Å². The lowest BCUT2D eigenvalue weighted by molar-refractivity contribution is 0.281. The Kier molecular flexibility index (Phi) is 13.3. The van der Waals surface area contributed by atoms with Gasteiger partial charge >= 0.3 is 0 Å². The molecule has 0 spiro atoms. The van der Waals surface area contributed by atoms with Crippen molar-refractivity contribution in [2.24, 2.45) is 0 Å². The van der Waals surface area contributed by atoms with E-state index in [1.54, 1.807) is 38.5 Å². The summed E-state index contributed by atoms with van der Waals surface area (Å²) in [5, 5.41) is 9.52. The molecular formula is C42H49ClF2O3. The lowest BCUT2D eigenvalue weighted by Gasteiger charge is -2.20. The Hall–Kier alpha value is -3.41. The third-order valence-corrected chi connectivity index (χ3v) is 10.4. The molecule has 2 fully saturated rings. The van der Waals surface area contributed by atoms with Crippen molar-refractivity contribution in [2.75, 3.05) is 14.2 Å². The van der Waals surface area contributed by atoms with E-state index in [9.17, 15) is 13.9 Å². The Labute approximate surface area is 290 Å². The van der Waals surface area contributed by atoms with E-state index in [1.807, 2.05) is 24.3 Å². The van der Waals surface area contributed by atoms with Gasteiger partial charge in [-0.3, -0.25) is 0 Å². The largest absolute Gasteiger partial charge is 0.497 e. The lowest BCUT2D eigenvalue weighted by atomic mass is 9.85. The van der Waals surface area contributed by atoms with Gasteiger partial charge in [0.15, 0.2) is 0 Å². The first-order chi connectivity index (χ1) is 23.4. The van der Waals surface area contributed by atoms with Gasteiger partial charge in [-0.05, 0) is 107 Å². The molecule has 0 amide bonds. The maximum atomic E-state index is 14.5. The summed E-state index contributed by atoms with van der Waals surface area (Å²) >= 11 is 6.05. The summed E-state index contributed by atoms with van der Waals surface area (Å²) in [7, 11) is 3.21. The molecule has 0 aliphatic heterocycles. The van der Waals surface area contributed by atoms with E-state index in [1.165, 1.54) is 81.9 Å². The summed E-state index contributed by atoms with van der Waals surface area (Å²) in [6.07, 6.45) is 14.7. The number of ether oxygens (including phenoxy) is 2. The van der Waals surface area contributed by atoms with Gasteiger partial charge in [0, 0.05) is 17.0 Å². The van der Waals surface area contributed by atoms with Crippen molar-refractivity contribution in [3.05, 3.63) is 107 Å². The van der Waals surface area contributed by atoms with Crippen LogP contribution in [-0.4, -0.2) is 19.3 Å². The normalized spacial score (nSPS) is 16.0. The fourth-order valence-electron chi connectivity index (χ4n) is 7.43. The average Bonchev–Trinajstić information content (AvgIpc) is 3.58. The summed E-state index contributed by atoms with van der Waals surface area (Å²) in [5.41, 5.74) is 7.50. The molecular weight excluding hydrogens is 626 g/mol. The van der Waals surface area contributed by atoms with E-state index < -0.39 is 0 Å². The zero-order chi connectivity index (χ0) is 33.9. The Bertz CT molecular complexity index is 1500. The lowest BCUT2D eigenvalue weighted by Crippen LogP contribution is -2.03. The van der Waals surface area contributed by atoms with E-state index in [0.717, 1.165) is 40.7 Å². The van der Waals surface area contributed by atoms with Gasteiger partial charge in [0.2, 0.25) is 0 Å². The van der Waals surface area contributed by atoms with Gasteiger partial charge < -0.3 is 14.6 Å². The summed E-state index contributed by atoms with van der Waals surface area (Å²) < 4.78 is 39.6. The van der Waals surface area contributed by atoms with Gasteiger partial charge in [0.25, 0.3) is 0 Å². The van der Waals surface area contributed by atoms with Crippen molar-refractivity contribution in [3.8, 4) is 33.8 Å². The molecule has 0 heterocycles. The Balaban J connectivity index is 0.000000188. The van der Waals surface area contributed by atoms with Crippen molar-refractivity contribution in [3.63, 3.8) is 0 Å². The molecule has 2 aliphatic rings. The molecule has 0 bridgehead atoms. The number of rotatable bonds is 8. The van der Waals surface area contributed by atoms with Crippen molar-refractivity contribution >= 4 is 11.6 Å². The van der Waals surface area contributed by atoms with Crippen LogP contribution >= 0.6 is 11.6 Å². The number of methoxy groups -OCH3 is 2. The van der Waals surface area contributed by atoms with E-state index in [0.29, 0.717) is 40.3 Å². The van der Waals surface area contributed by atoms with Crippen LogP contribution in [0.25, 0.3) is 22.3 Å². The zero-order valence-corrected chi connectivity index (χ0v) is 29.1. The van der Waals surface area contributed by atoms with Crippen LogP contribution in [0.5, 0.6) is 11.5 Å². The van der Waals surface area contributed by atoms with Gasteiger partial charge in [-0.25, -0.2) is 8.78 Å². The van der Waals surface area contributed by atoms with Crippen LogP contribution in [0, 0.1) is 11.6 Å². The van der Waals surface area contributed by atoms with E-state index in [2.05, 4.69) is 12.1 Å². The standard InChI is InChI=1S/C21H24ClFO.C21H25FO2/c1-24-17-9-11-21(23)20(13-17)18-10-8-15(14-22)12-19(18)16-6-4-2-3-5-7-16;1-24-17-9-11-21(22)20(13-17)18-10-8-15(14-23)12-19(18)16-6-4-2-3-5-7-16/h8-13,16H,2-7,14H2,1H3;8-13,16,23H,2-7,14H2,1H3.